The second kappa shape index (κ2) is 7.64. The molecule has 2 atom stereocenters. The molecule has 0 saturated heterocycles. The number of carbonyl (C=O) groups excluding carboxylic acids is 1. The Morgan fingerprint density at radius 3 is 1.96 bits per heavy atom. The zero-order chi connectivity index (χ0) is 20.7. The number of H-pyrrole nitrogens is 1. The Kier molecular flexibility index (Phi) is 6.24. The van der Waals surface area contributed by atoms with Crippen LogP contribution in [0.4, 0.5) is 0 Å². The Balaban J connectivity index is 2.41. The number of hydrogen-bond acceptors (Lipinski definition) is 2. The Morgan fingerprint density at radius 2 is 1.56 bits per heavy atom. The van der Waals surface area contributed by atoms with Gasteiger partial charge in [-0.1, -0.05) is 62.3 Å². The molecule has 27 heavy (non-hydrogen) atoms. The van der Waals surface area contributed by atoms with Crippen LogP contribution >= 0.6 is 0 Å². The molecule has 0 amide bonds. The van der Waals surface area contributed by atoms with Gasteiger partial charge in [0.15, 0.2) is 0 Å². The number of hydrogen-bond donors (Lipinski definition) is 1. The first kappa shape index (κ1) is 22.0. The average Bonchev–Trinajstić information content (AvgIpc) is 2.88. The Morgan fingerprint density at radius 1 is 1.07 bits per heavy atom. The van der Waals surface area contributed by atoms with E-state index >= 15 is 0 Å². The van der Waals surface area contributed by atoms with Crippen LogP contribution in [0, 0.1) is 35.5 Å². The van der Waals surface area contributed by atoms with E-state index in [1.165, 1.54) is 0 Å². The third kappa shape index (κ3) is 4.78. The monoisotopic (exact) mass is 375 g/mol. The van der Waals surface area contributed by atoms with Crippen LogP contribution in [0.15, 0.2) is 6.20 Å². The van der Waals surface area contributed by atoms with Crippen molar-refractivity contribution in [3.8, 4) is 0 Å². The van der Waals surface area contributed by atoms with E-state index in [1.807, 2.05) is 13.1 Å². The standard InChI is InChI=1S/C24H41NO2/c1-14(2)17-13-25-16(4)20(17)22(26)27-21-18(23(5,6)7)11-15(3)12-19(21)24(8,9)10/h13-15,18-19,21,25H,11-12H2,1-10H3. The van der Waals surface area contributed by atoms with Crippen molar-refractivity contribution in [2.24, 2.45) is 28.6 Å². The van der Waals surface area contributed by atoms with Gasteiger partial charge >= 0.3 is 5.97 Å². The van der Waals surface area contributed by atoms with Crippen molar-refractivity contribution in [2.45, 2.75) is 94.1 Å². The summed E-state index contributed by atoms with van der Waals surface area (Å²) in [6, 6.07) is 0. The molecular formula is C24H41NO2. The fourth-order valence-corrected chi connectivity index (χ4v) is 4.82. The number of esters is 1. The zero-order valence-electron chi connectivity index (χ0n) is 19.2. The second-order valence-electron chi connectivity index (χ2n) is 11.3. The number of rotatable bonds is 3. The quantitative estimate of drug-likeness (QED) is 0.595. The van der Waals surface area contributed by atoms with E-state index in [-0.39, 0.29) is 22.9 Å². The van der Waals surface area contributed by atoms with Gasteiger partial charge in [-0.2, -0.15) is 0 Å². The molecule has 2 rings (SSSR count). The van der Waals surface area contributed by atoms with Crippen LogP contribution in [0.3, 0.4) is 0 Å². The Labute approximate surface area is 166 Å². The first-order chi connectivity index (χ1) is 12.2. The van der Waals surface area contributed by atoms with Crippen molar-refractivity contribution in [2.75, 3.05) is 0 Å². The maximum absolute atomic E-state index is 13.3. The van der Waals surface area contributed by atoms with E-state index in [0.717, 1.165) is 29.7 Å². The third-order valence-electron chi connectivity index (χ3n) is 6.51. The number of ether oxygens (including phenoxy) is 1. The van der Waals surface area contributed by atoms with Gasteiger partial charge in [0.05, 0.1) is 5.56 Å². The smallest absolute Gasteiger partial charge is 0.340 e. The summed E-state index contributed by atoms with van der Waals surface area (Å²) in [5.74, 6) is 1.54. The maximum atomic E-state index is 13.3. The molecule has 3 nitrogen and oxygen atoms in total. The highest BCUT2D eigenvalue weighted by molar-refractivity contribution is 5.92. The molecule has 0 spiro atoms. The summed E-state index contributed by atoms with van der Waals surface area (Å²) in [5.41, 5.74) is 2.92. The third-order valence-corrected chi connectivity index (χ3v) is 6.51. The first-order valence-electron chi connectivity index (χ1n) is 10.6. The maximum Gasteiger partial charge on any atom is 0.340 e. The van der Waals surface area contributed by atoms with Crippen molar-refractivity contribution >= 4 is 5.97 Å². The Hall–Kier alpha value is -1.25. The second-order valence-corrected chi connectivity index (χ2v) is 11.3. The van der Waals surface area contributed by atoms with Crippen LogP contribution in [0.1, 0.15) is 103 Å². The van der Waals surface area contributed by atoms with Gasteiger partial charge in [-0.15, -0.1) is 0 Å². The number of nitrogens with one attached hydrogen (secondary N) is 1. The molecule has 1 saturated carbocycles. The van der Waals surface area contributed by atoms with Crippen molar-refractivity contribution in [1.82, 2.24) is 4.98 Å². The highest BCUT2D eigenvalue weighted by Gasteiger charge is 2.48. The molecule has 154 valence electrons. The lowest BCUT2D eigenvalue weighted by atomic mass is 9.59. The van der Waals surface area contributed by atoms with E-state index in [1.54, 1.807) is 0 Å². The lowest BCUT2D eigenvalue weighted by Gasteiger charge is -2.50. The first-order valence-corrected chi connectivity index (χ1v) is 10.6. The number of aromatic amines is 1. The highest BCUT2D eigenvalue weighted by Crippen LogP contribution is 2.49. The zero-order valence-corrected chi connectivity index (χ0v) is 19.2. The van der Waals surface area contributed by atoms with Crippen molar-refractivity contribution in [3.63, 3.8) is 0 Å². The molecule has 1 aromatic heterocycles. The molecule has 1 N–H and O–H groups in total. The molecule has 0 aromatic carbocycles. The number of carbonyl (C=O) groups is 1. The molecule has 1 aliphatic rings. The van der Waals surface area contributed by atoms with E-state index in [9.17, 15) is 4.79 Å². The minimum Gasteiger partial charge on any atom is -0.458 e. The van der Waals surface area contributed by atoms with Gasteiger partial charge in [-0.05, 0) is 48.0 Å². The summed E-state index contributed by atoms with van der Waals surface area (Å²) in [4.78, 5) is 16.5. The molecule has 0 aliphatic heterocycles. The van der Waals surface area contributed by atoms with Crippen LogP contribution in [-0.4, -0.2) is 17.1 Å². The number of aromatic nitrogens is 1. The summed E-state index contributed by atoms with van der Waals surface area (Å²) >= 11 is 0. The summed E-state index contributed by atoms with van der Waals surface area (Å²) in [5, 5.41) is 0. The van der Waals surface area contributed by atoms with E-state index in [2.05, 4.69) is 67.3 Å². The van der Waals surface area contributed by atoms with E-state index in [4.69, 9.17) is 4.74 Å². The van der Waals surface area contributed by atoms with Crippen LogP contribution < -0.4 is 0 Å². The van der Waals surface area contributed by atoms with Crippen molar-refractivity contribution in [1.29, 1.82) is 0 Å². The fourth-order valence-electron chi connectivity index (χ4n) is 4.82. The molecule has 1 heterocycles. The molecule has 2 unspecified atom stereocenters. The normalized spacial score (nSPS) is 27.1. The minimum absolute atomic E-state index is 0.0389. The highest BCUT2D eigenvalue weighted by atomic mass is 16.5. The van der Waals surface area contributed by atoms with E-state index in [0.29, 0.717) is 23.7 Å². The fraction of sp³-hybridized carbons (Fsp3) is 0.792. The molecule has 1 aromatic rings. The lowest BCUT2D eigenvalue weighted by Crippen LogP contribution is -2.49. The molecule has 1 fully saturated rings. The van der Waals surface area contributed by atoms with Crippen LogP contribution in [0.5, 0.6) is 0 Å². The van der Waals surface area contributed by atoms with Gasteiger partial charge in [0.2, 0.25) is 0 Å². The van der Waals surface area contributed by atoms with Gasteiger partial charge in [-0.25, -0.2) is 4.79 Å². The largest absolute Gasteiger partial charge is 0.458 e. The Bertz CT molecular complexity index is 633. The van der Waals surface area contributed by atoms with Crippen LogP contribution in [-0.2, 0) is 4.74 Å². The SMILES string of the molecule is Cc1[nH]cc(C(C)C)c1C(=O)OC1C(C(C)(C)C)CC(C)CC1C(C)(C)C. The molecule has 0 radical (unpaired) electrons. The molecule has 0 bridgehead atoms. The summed E-state index contributed by atoms with van der Waals surface area (Å²) in [7, 11) is 0. The summed E-state index contributed by atoms with van der Waals surface area (Å²) < 4.78 is 6.38. The predicted octanol–water partition coefficient (Wildman–Crippen LogP) is 6.73. The van der Waals surface area contributed by atoms with Gasteiger partial charge in [0.25, 0.3) is 0 Å². The average molecular weight is 376 g/mol. The summed E-state index contributed by atoms with van der Waals surface area (Å²) in [6.07, 6.45) is 4.17. The van der Waals surface area contributed by atoms with Crippen molar-refractivity contribution < 1.29 is 9.53 Å². The number of aryl methyl sites for hydroxylation is 1. The van der Waals surface area contributed by atoms with Gasteiger partial charge < -0.3 is 9.72 Å². The van der Waals surface area contributed by atoms with Crippen molar-refractivity contribution in [3.05, 3.63) is 23.0 Å². The molecule has 1 aliphatic carbocycles. The molecule has 3 heteroatoms. The topological polar surface area (TPSA) is 42.1 Å². The summed E-state index contributed by atoms with van der Waals surface area (Å²) in [6.45, 7) is 22.3. The molecular weight excluding hydrogens is 334 g/mol. The van der Waals surface area contributed by atoms with Gasteiger partial charge in [0.1, 0.15) is 6.10 Å². The lowest BCUT2D eigenvalue weighted by molar-refractivity contribution is -0.0924. The van der Waals surface area contributed by atoms with Gasteiger partial charge in [0, 0.05) is 23.7 Å². The predicted molar refractivity (Wildman–Crippen MR) is 113 cm³/mol. The van der Waals surface area contributed by atoms with Crippen LogP contribution in [0.25, 0.3) is 0 Å². The van der Waals surface area contributed by atoms with E-state index < -0.39 is 0 Å². The van der Waals surface area contributed by atoms with Crippen LogP contribution in [0.2, 0.25) is 0 Å². The van der Waals surface area contributed by atoms with Gasteiger partial charge in [-0.3, -0.25) is 0 Å². The minimum atomic E-state index is -0.152.